The minimum atomic E-state index is -4.79. The van der Waals surface area contributed by atoms with Crippen molar-refractivity contribution in [3.05, 3.63) is 107 Å². The number of para-hydroxylation sites is 1. The first kappa shape index (κ1) is 26.4. The van der Waals surface area contributed by atoms with Crippen molar-refractivity contribution < 1.29 is 40.6 Å². The van der Waals surface area contributed by atoms with E-state index in [1.165, 1.54) is 36.4 Å². The predicted octanol–water partition coefficient (Wildman–Crippen LogP) is 7.70. The Hall–Kier alpha value is -4.67. The van der Waals surface area contributed by atoms with Gasteiger partial charge in [0.15, 0.2) is 17.3 Å². The number of rotatable bonds is 6. The second-order valence-electron chi connectivity index (χ2n) is 8.03. The van der Waals surface area contributed by atoms with Crippen molar-refractivity contribution in [1.29, 1.82) is 0 Å². The Kier molecular flexibility index (Phi) is 6.95. The maximum absolute atomic E-state index is 13.4. The molecule has 0 saturated carbocycles. The average Bonchev–Trinajstić information content (AvgIpc) is 2.86. The second kappa shape index (κ2) is 10.0. The molecule has 4 rings (SSSR count). The molecule has 0 unspecified atom stereocenters. The van der Waals surface area contributed by atoms with Crippen molar-refractivity contribution in [1.82, 2.24) is 0 Å². The van der Waals surface area contributed by atoms with Crippen LogP contribution < -0.4 is 20.9 Å². The lowest BCUT2D eigenvalue weighted by molar-refractivity contribution is -0.137. The van der Waals surface area contributed by atoms with Crippen molar-refractivity contribution in [2.24, 2.45) is 0 Å². The first-order valence-corrected chi connectivity index (χ1v) is 10.9. The lowest BCUT2D eigenvalue weighted by Crippen LogP contribution is -2.10. The van der Waals surface area contributed by atoms with Gasteiger partial charge in [0.25, 0.3) is 0 Å². The van der Waals surface area contributed by atoms with Crippen LogP contribution in [0.15, 0.2) is 84.9 Å². The fourth-order valence-electron chi connectivity index (χ4n) is 3.56. The number of nitrogen functional groups attached to an aromatic ring is 2. The first-order chi connectivity index (χ1) is 17.8. The second-order valence-corrected chi connectivity index (χ2v) is 8.03. The average molecular weight is 532 g/mol. The Morgan fingerprint density at radius 1 is 0.632 bits per heavy atom. The molecular weight excluding hydrogens is 514 g/mol. The number of carbonyl (C=O) groups is 1. The van der Waals surface area contributed by atoms with E-state index in [4.69, 9.17) is 20.9 Å². The molecule has 0 aromatic heterocycles. The number of nitrogens with two attached hydrogens (primary N) is 2. The summed E-state index contributed by atoms with van der Waals surface area (Å²) in [6.45, 7) is 0. The summed E-state index contributed by atoms with van der Waals surface area (Å²) in [6, 6.07) is 17.6. The van der Waals surface area contributed by atoms with Gasteiger partial charge in [0.05, 0.1) is 16.7 Å². The Morgan fingerprint density at radius 3 is 1.68 bits per heavy atom. The summed E-state index contributed by atoms with van der Waals surface area (Å²) in [5, 5.41) is 0. The number of benzene rings is 4. The van der Waals surface area contributed by atoms with Gasteiger partial charge >= 0.3 is 12.4 Å². The molecule has 0 aliphatic carbocycles. The van der Waals surface area contributed by atoms with Gasteiger partial charge in [-0.05, 0) is 48.5 Å². The van der Waals surface area contributed by atoms with Crippen LogP contribution >= 0.6 is 0 Å². The number of ketones is 1. The van der Waals surface area contributed by atoms with E-state index in [-0.39, 0.29) is 34.1 Å². The van der Waals surface area contributed by atoms with Crippen molar-refractivity contribution >= 4 is 17.2 Å². The number of anilines is 2. The molecule has 4 aromatic rings. The number of hydrogen-bond donors (Lipinski definition) is 2. The summed E-state index contributed by atoms with van der Waals surface area (Å²) < 4.78 is 91.7. The molecule has 0 fully saturated rings. The molecule has 196 valence electrons. The van der Waals surface area contributed by atoms with Crippen molar-refractivity contribution in [2.75, 3.05) is 11.5 Å². The van der Waals surface area contributed by atoms with Crippen molar-refractivity contribution in [2.45, 2.75) is 12.4 Å². The van der Waals surface area contributed by atoms with Gasteiger partial charge in [0, 0.05) is 16.9 Å². The molecule has 0 heterocycles. The largest absolute Gasteiger partial charge is 0.453 e. The molecular formula is C27H18F6N2O3. The lowest BCUT2D eigenvalue weighted by Gasteiger charge is -2.18. The minimum absolute atomic E-state index is 0.106. The number of alkyl halides is 6. The van der Waals surface area contributed by atoms with Gasteiger partial charge < -0.3 is 20.9 Å². The number of halogens is 6. The van der Waals surface area contributed by atoms with Gasteiger partial charge in [-0.25, -0.2) is 0 Å². The van der Waals surface area contributed by atoms with Crippen LogP contribution in [0.5, 0.6) is 23.0 Å². The third-order valence-electron chi connectivity index (χ3n) is 5.37. The molecule has 0 aliphatic heterocycles. The van der Waals surface area contributed by atoms with Gasteiger partial charge in [-0.3, -0.25) is 4.79 Å². The standard InChI is InChI=1S/C27H18F6N2O3/c28-26(29,30)19-13-16(9-11-21(19)34)37-23-8-4-7-18(24(36)15-5-2-1-3-6-15)25(23)38-17-10-12-22(35)20(14-17)27(31,32)33/h1-14H,34-35H2. The van der Waals surface area contributed by atoms with E-state index in [0.717, 1.165) is 18.2 Å². The van der Waals surface area contributed by atoms with Gasteiger partial charge in [-0.15, -0.1) is 0 Å². The quantitative estimate of drug-likeness (QED) is 0.151. The Morgan fingerprint density at radius 2 is 1.16 bits per heavy atom. The van der Waals surface area contributed by atoms with Gasteiger partial charge in [0.2, 0.25) is 0 Å². The van der Waals surface area contributed by atoms with Gasteiger partial charge in [0.1, 0.15) is 11.5 Å². The lowest BCUT2D eigenvalue weighted by atomic mass is 10.0. The predicted molar refractivity (Wildman–Crippen MR) is 128 cm³/mol. The number of carbonyl (C=O) groups excluding carboxylic acids is 1. The summed E-state index contributed by atoms with van der Waals surface area (Å²) in [7, 11) is 0. The van der Waals surface area contributed by atoms with Crippen LogP contribution in [-0.4, -0.2) is 5.78 Å². The van der Waals surface area contributed by atoms with E-state index in [1.54, 1.807) is 18.2 Å². The van der Waals surface area contributed by atoms with Crippen LogP contribution in [0.25, 0.3) is 0 Å². The highest BCUT2D eigenvalue weighted by molar-refractivity contribution is 6.11. The zero-order valence-corrected chi connectivity index (χ0v) is 19.2. The summed E-state index contributed by atoms with van der Waals surface area (Å²) in [4.78, 5) is 13.3. The molecule has 0 atom stereocenters. The SMILES string of the molecule is Nc1ccc(Oc2cccc(C(=O)c3ccccc3)c2Oc2ccc(N)c(C(F)(F)F)c2)cc1C(F)(F)F. The highest BCUT2D eigenvalue weighted by atomic mass is 19.4. The van der Waals surface area contributed by atoms with Crippen LogP contribution in [0.3, 0.4) is 0 Å². The molecule has 0 amide bonds. The van der Waals surface area contributed by atoms with Crippen LogP contribution in [0.1, 0.15) is 27.0 Å². The zero-order chi connectivity index (χ0) is 27.7. The molecule has 0 saturated heterocycles. The summed E-state index contributed by atoms with van der Waals surface area (Å²) in [6.07, 6.45) is -9.56. The number of ether oxygens (including phenoxy) is 2. The number of hydrogen-bond acceptors (Lipinski definition) is 5. The van der Waals surface area contributed by atoms with E-state index in [9.17, 15) is 31.1 Å². The zero-order valence-electron chi connectivity index (χ0n) is 19.2. The monoisotopic (exact) mass is 532 g/mol. The fourth-order valence-corrected chi connectivity index (χ4v) is 3.56. The van der Waals surface area contributed by atoms with E-state index in [0.29, 0.717) is 12.1 Å². The summed E-state index contributed by atoms with van der Waals surface area (Å²) >= 11 is 0. The van der Waals surface area contributed by atoms with Gasteiger partial charge in [-0.1, -0.05) is 36.4 Å². The maximum Gasteiger partial charge on any atom is 0.418 e. The minimum Gasteiger partial charge on any atom is -0.453 e. The third-order valence-corrected chi connectivity index (χ3v) is 5.37. The topological polar surface area (TPSA) is 87.6 Å². The Bertz CT molecular complexity index is 1480. The molecule has 0 spiro atoms. The Labute approximate surface area is 212 Å². The highest BCUT2D eigenvalue weighted by Gasteiger charge is 2.35. The molecule has 0 aliphatic rings. The third kappa shape index (κ3) is 5.66. The molecule has 11 heteroatoms. The molecule has 4 aromatic carbocycles. The summed E-state index contributed by atoms with van der Waals surface area (Å²) in [5.41, 5.74) is 7.63. The van der Waals surface area contributed by atoms with E-state index >= 15 is 0 Å². The maximum atomic E-state index is 13.4. The molecule has 0 radical (unpaired) electrons. The van der Waals surface area contributed by atoms with Crippen LogP contribution in [0.2, 0.25) is 0 Å². The van der Waals surface area contributed by atoms with Crippen LogP contribution in [0, 0.1) is 0 Å². The van der Waals surface area contributed by atoms with E-state index in [2.05, 4.69) is 0 Å². The van der Waals surface area contributed by atoms with E-state index < -0.39 is 40.6 Å². The molecule has 0 bridgehead atoms. The molecule has 5 nitrogen and oxygen atoms in total. The van der Waals surface area contributed by atoms with Crippen LogP contribution in [-0.2, 0) is 12.4 Å². The molecule has 38 heavy (non-hydrogen) atoms. The molecule has 4 N–H and O–H groups in total. The summed E-state index contributed by atoms with van der Waals surface area (Å²) in [5.74, 6) is -1.74. The van der Waals surface area contributed by atoms with Gasteiger partial charge in [-0.2, -0.15) is 26.3 Å². The van der Waals surface area contributed by atoms with Crippen molar-refractivity contribution in [3.63, 3.8) is 0 Å². The highest BCUT2D eigenvalue weighted by Crippen LogP contribution is 2.43. The van der Waals surface area contributed by atoms with Crippen LogP contribution in [0.4, 0.5) is 37.7 Å². The normalized spacial score (nSPS) is 11.7. The van der Waals surface area contributed by atoms with Crippen molar-refractivity contribution in [3.8, 4) is 23.0 Å². The fraction of sp³-hybridized carbons (Fsp3) is 0.0741. The van der Waals surface area contributed by atoms with E-state index in [1.807, 2.05) is 0 Å². The smallest absolute Gasteiger partial charge is 0.418 e. The first-order valence-electron chi connectivity index (χ1n) is 10.9. The Balaban J connectivity index is 1.83.